The summed E-state index contributed by atoms with van der Waals surface area (Å²) in [5.41, 5.74) is 8.79. The molecule has 0 heterocycles. The van der Waals surface area contributed by atoms with E-state index < -0.39 is 0 Å². The maximum atomic E-state index is 11.4. The van der Waals surface area contributed by atoms with Gasteiger partial charge in [-0.25, -0.2) is 0 Å². The molecule has 0 radical (unpaired) electrons. The second-order valence-electron chi connectivity index (χ2n) is 3.09. The van der Waals surface area contributed by atoms with E-state index in [9.17, 15) is 4.79 Å². The van der Waals surface area contributed by atoms with Crippen molar-refractivity contribution in [2.45, 2.75) is 13.8 Å². The summed E-state index contributed by atoms with van der Waals surface area (Å²) in [6.45, 7) is 3.73. The molecule has 70 valence electrons. The van der Waals surface area contributed by atoms with Crippen molar-refractivity contribution in [1.29, 1.82) is 0 Å². The van der Waals surface area contributed by atoms with Crippen molar-refractivity contribution in [2.24, 2.45) is 0 Å². The Balaban J connectivity index is 3.28. The number of nitrogens with two attached hydrogens (primary N) is 1. The van der Waals surface area contributed by atoms with Gasteiger partial charge in [0.2, 0.25) is 0 Å². The predicted octanol–water partition coefficient (Wildman–Crippen LogP) is 2.31. The Morgan fingerprint density at radius 2 is 1.85 bits per heavy atom. The number of hydrogen-bond donors (Lipinski definition) is 1. The lowest BCUT2D eigenvalue weighted by Crippen LogP contribution is -2.06. The van der Waals surface area contributed by atoms with E-state index in [1.807, 2.05) is 13.8 Å². The Morgan fingerprint density at radius 3 is 2.23 bits per heavy atom. The summed E-state index contributed by atoms with van der Waals surface area (Å²) < 4.78 is 0. The average Bonchev–Trinajstić information content (AvgIpc) is 2.02. The minimum Gasteiger partial charge on any atom is -0.399 e. The van der Waals surface area contributed by atoms with Crippen LogP contribution < -0.4 is 5.73 Å². The molecule has 2 N–H and O–H groups in total. The Bertz CT molecular complexity index is 324. The van der Waals surface area contributed by atoms with Crippen LogP contribution in [0.15, 0.2) is 12.1 Å². The van der Waals surface area contributed by atoms with Crippen molar-refractivity contribution in [1.82, 2.24) is 0 Å². The summed E-state index contributed by atoms with van der Waals surface area (Å²) in [7, 11) is 0. The van der Waals surface area contributed by atoms with E-state index in [4.69, 9.17) is 17.3 Å². The third kappa shape index (κ3) is 2.01. The molecule has 1 rings (SSSR count). The van der Waals surface area contributed by atoms with E-state index in [0.717, 1.165) is 11.1 Å². The van der Waals surface area contributed by atoms with Crippen LogP contribution >= 0.6 is 11.6 Å². The number of rotatable bonds is 2. The van der Waals surface area contributed by atoms with Crippen LogP contribution in [0.25, 0.3) is 0 Å². The lowest BCUT2D eigenvalue weighted by atomic mass is 9.99. The summed E-state index contributed by atoms with van der Waals surface area (Å²) >= 11 is 5.49. The largest absolute Gasteiger partial charge is 0.399 e. The summed E-state index contributed by atoms with van der Waals surface area (Å²) in [4.78, 5) is 11.4. The van der Waals surface area contributed by atoms with E-state index in [1.165, 1.54) is 0 Å². The topological polar surface area (TPSA) is 43.1 Å². The highest BCUT2D eigenvalue weighted by Gasteiger charge is 2.11. The maximum Gasteiger partial charge on any atom is 0.178 e. The van der Waals surface area contributed by atoms with Gasteiger partial charge in [-0.3, -0.25) is 4.79 Å². The van der Waals surface area contributed by atoms with Gasteiger partial charge in [0.1, 0.15) is 0 Å². The highest BCUT2D eigenvalue weighted by molar-refractivity contribution is 6.30. The second kappa shape index (κ2) is 3.79. The van der Waals surface area contributed by atoms with Gasteiger partial charge in [-0.1, -0.05) is 0 Å². The van der Waals surface area contributed by atoms with Gasteiger partial charge in [-0.15, -0.1) is 11.6 Å². The first-order chi connectivity index (χ1) is 6.06. The number of carbonyl (C=O) groups is 1. The zero-order chi connectivity index (χ0) is 10.0. The first-order valence-electron chi connectivity index (χ1n) is 4.02. The summed E-state index contributed by atoms with van der Waals surface area (Å²) in [6.07, 6.45) is 0. The van der Waals surface area contributed by atoms with Gasteiger partial charge in [-0.05, 0) is 37.1 Å². The van der Waals surface area contributed by atoms with Crippen LogP contribution in [0.3, 0.4) is 0 Å². The monoisotopic (exact) mass is 197 g/mol. The average molecular weight is 198 g/mol. The predicted molar refractivity (Wildman–Crippen MR) is 55.4 cm³/mol. The zero-order valence-electron chi connectivity index (χ0n) is 7.73. The minimum atomic E-state index is -0.0448. The van der Waals surface area contributed by atoms with Crippen LogP contribution in [0.2, 0.25) is 0 Å². The zero-order valence-corrected chi connectivity index (χ0v) is 8.48. The number of alkyl halides is 1. The number of benzene rings is 1. The standard InChI is InChI=1S/C10H12ClNO/c1-6-3-8(12)4-7(2)10(6)9(13)5-11/h3-4H,5,12H2,1-2H3. The highest BCUT2D eigenvalue weighted by atomic mass is 35.5. The van der Waals surface area contributed by atoms with Crippen molar-refractivity contribution in [3.05, 3.63) is 28.8 Å². The second-order valence-corrected chi connectivity index (χ2v) is 3.35. The number of anilines is 1. The fourth-order valence-electron chi connectivity index (χ4n) is 1.50. The SMILES string of the molecule is Cc1cc(N)cc(C)c1C(=O)CCl. The van der Waals surface area contributed by atoms with Crippen LogP contribution in [-0.4, -0.2) is 11.7 Å². The molecular weight excluding hydrogens is 186 g/mol. The fourth-order valence-corrected chi connectivity index (χ4v) is 1.64. The molecule has 13 heavy (non-hydrogen) atoms. The molecule has 0 amide bonds. The smallest absolute Gasteiger partial charge is 0.178 e. The fraction of sp³-hybridized carbons (Fsp3) is 0.300. The molecule has 0 saturated heterocycles. The van der Waals surface area contributed by atoms with Crippen LogP contribution in [0, 0.1) is 13.8 Å². The van der Waals surface area contributed by atoms with Gasteiger partial charge < -0.3 is 5.73 Å². The molecular formula is C10H12ClNO. The van der Waals surface area contributed by atoms with Crippen molar-refractivity contribution in [2.75, 3.05) is 11.6 Å². The first kappa shape index (κ1) is 10.1. The molecule has 0 bridgehead atoms. The van der Waals surface area contributed by atoms with Crippen molar-refractivity contribution in [3.63, 3.8) is 0 Å². The van der Waals surface area contributed by atoms with Gasteiger partial charge in [0.15, 0.2) is 5.78 Å². The molecule has 0 atom stereocenters. The van der Waals surface area contributed by atoms with Gasteiger partial charge >= 0.3 is 0 Å². The van der Waals surface area contributed by atoms with E-state index in [0.29, 0.717) is 11.3 Å². The molecule has 0 aliphatic rings. The third-order valence-corrected chi connectivity index (χ3v) is 2.20. The lowest BCUT2D eigenvalue weighted by molar-refractivity contribution is 0.102. The number of carbonyl (C=O) groups excluding carboxylic acids is 1. The quantitative estimate of drug-likeness (QED) is 0.449. The number of halogens is 1. The van der Waals surface area contributed by atoms with Crippen LogP contribution in [0.4, 0.5) is 5.69 Å². The molecule has 0 spiro atoms. The molecule has 0 aromatic heterocycles. The van der Waals surface area contributed by atoms with Crippen molar-refractivity contribution >= 4 is 23.1 Å². The highest BCUT2D eigenvalue weighted by Crippen LogP contribution is 2.18. The molecule has 3 heteroatoms. The minimum absolute atomic E-state index is 0.0194. The van der Waals surface area contributed by atoms with E-state index >= 15 is 0 Å². The molecule has 0 aliphatic carbocycles. The Labute approximate surface area is 82.7 Å². The summed E-state index contributed by atoms with van der Waals surface area (Å²) in [5, 5.41) is 0. The molecule has 1 aromatic carbocycles. The van der Waals surface area contributed by atoms with Gasteiger partial charge in [0.25, 0.3) is 0 Å². The van der Waals surface area contributed by atoms with Gasteiger partial charge in [0.05, 0.1) is 5.88 Å². The first-order valence-corrected chi connectivity index (χ1v) is 4.55. The third-order valence-electron chi connectivity index (χ3n) is 1.96. The summed E-state index contributed by atoms with van der Waals surface area (Å²) in [6, 6.07) is 3.57. The van der Waals surface area contributed by atoms with Crippen LogP contribution in [0.5, 0.6) is 0 Å². The summed E-state index contributed by atoms with van der Waals surface area (Å²) in [5.74, 6) is -0.0253. The number of hydrogen-bond acceptors (Lipinski definition) is 2. The number of nitrogen functional groups attached to an aromatic ring is 1. The molecule has 1 aromatic rings. The van der Waals surface area contributed by atoms with Gasteiger partial charge in [-0.2, -0.15) is 0 Å². The molecule has 0 fully saturated rings. The number of ketones is 1. The molecule has 0 saturated carbocycles. The van der Waals surface area contributed by atoms with Crippen molar-refractivity contribution in [3.8, 4) is 0 Å². The maximum absolute atomic E-state index is 11.4. The Hall–Kier alpha value is -1.02. The molecule has 0 unspecified atom stereocenters. The molecule has 2 nitrogen and oxygen atoms in total. The molecule has 0 aliphatic heterocycles. The number of Topliss-reactive ketones (excluding diaryl/α,β-unsaturated/α-hetero) is 1. The van der Waals surface area contributed by atoms with E-state index in [1.54, 1.807) is 12.1 Å². The lowest BCUT2D eigenvalue weighted by Gasteiger charge is -2.08. The van der Waals surface area contributed by atoms with E-state index in [-0.39, 0.29) is 11.7 Å². The van der Waals surface area contributed by atoms with E-state index in [2.05, 4.69) is 0 Å². The van der Waals surface area contributed by atoms with Gasteiger partial charge in [0, 0.05) is 11.3 Å². The van der Waals surface area contributed by atoms with Crippen LogP contribution in [0.1, 0.15) is 21.5 Å². The Morgan fingerprint density at radius 1 is 1.38 bits per heavy atom. The Kier molecular flexibility index (Phi) is 2.94. The number of aryl methyl sites for hydroxylation is 2. The van der Waals surface area contributed by atoms with Crippen LogP contribution in [-0.2, 0) is 0 Å². The van der Waals surface area contributed by atoms with Crippen molar-refractivity contribution < 1.29 is 4.79 Å². The normalized spacial score (nSPS) is 10.1.